The van der Waals surface area contributed by atoms with Crippen molar-refractivity contribution >= 4 is 34.8 Å². The van der Waals surface area contributed by atoms with Crippen molar-refractivity contribution in [3.8, 4) is 0 Å². The first-order chi connectivity index (χ1) is 14.5. The molecule has 1 fully saturated rings. The smallest absolute Gasteiger partial charge is 0.258 e. The van der Waals surface area contributed by atoms with Crippen molar-refractivity contribution in [2.45, 2.75) is 19.6 Å². The highest BCUT2D eigenvalue weighted by Gasteiger charge is 2.40. The normalized spacial score (nSPS) is 17.6. The Kier molecular flexibility index (Phi) is 6.18. The number of benzene rings is 3. The Balaban J connectivity index is 1.72. The Hall–Kier alpha value is -2.66. The van der Waals surface area contributed by atoms with Gasteiger partial charge in [-0.05, 0) is 36.2 Å². The van der Waals surface area contributed by atoms with Crippen LogP contribution < -0.4 is 0 Å². The zero-order chi connectivity index (χ0) is 21.1. The summed E-state index contributed by atoms with van der Waals surface area (Å²) >= 11 is 12.5. The molecule has 1 aliphatic rings. The Bertz CT molecular complexity index is 1070. The first kappa shape index (κ1) is 20.6. The maximum absolute atomic E-state index is 13.0. The highest BCUT2D eigenvalue weighted by Crippen LogP contribution is 2.36. The number of hydrazone groups is 1. The third kappa shape index (κ3) is 4.41. The Labute approximate surface area is 186 Å². The van der Waals surface area contributed by atoms with Crippen LogP contribution in [0, 0.1) is 0 Å². The van der Waals surface area contributed by atoms with Gasteiger partial charge >= 0.3 is 0 Å². The molecule has 0 aliphatic carbocycles. The molecule has 1 aliphatic heterocycles. The van der Waals surface area contributed by atoms with E-state index in [1.807, 2.05) is 73.7 Å². The van der Waals surface area contributed by atoms with Crippen molar-refractivity contribution in [3.63, 3.8) is 0 Å². The lowest BCUT2D eigenvalue weighted by Crippen LogP contribution is -2.29. The van der Waals surface area contributed by atoms with Crippen LogP contribution in [0.15, 0.2) is 84.0 Å². The van der Waals surface area contributed by atoms with E-state index in [2.05, 4.69) is 17.0 Å². The van der Waals surface area contributed by atoms with E-state index in [4.69, 9.17) is 28.3 Å². The standard InChI is InChI=1S/C24H21Cl2N3O/c1-17(19-11-13-20(25)14-12-19)27-29-23(30)16-28(15-18-7-3-2-4-8-18)24(29)21-9-5-6-10-22(21)26/h2-14,24H,15-16H2,1H3/b27-17-/t24-/m1/s1. The summed E-state index contributed by atoms with van der Waals surface area (Å²) in [6, 6.07) is 25.1. The van der Waals surface area contributed by atoms with Crippen LogP contribution in [0.4, 0.5) is 0 Å². The summed E-state index contributed by atoms with van der Waals surface area (Å²) in [6.45, 7) is 2.77. The molecule has 0 spiro atoms. The van der Waals surface area contributed by atoms with Crippen molar-refractivity contribution in [1.82, 2.24) is 9.91 Å². The van der Waals surface area contributed by atoms with Crippen LogP contribution in [0.5, 0.6) is 0 Å². The van der Waals surface area contributed by atoms with Gasteiger partial charge in [-0.1, -0.05) is 83.9 Å². The number of carbonyl (C=O) groups excluding carboxylic acids is 1. The molecule has 0 bridgehead atoms. The predicted octanol–water partition coefficient (Wildman–Crippen LogP) is 5.76. The molecule has 0 aromatic heterocycles. The summed E-state index contributed by atoms with van der Waals surface area (Å²) in [5, 5.41) is 7.52. The zero-order valence-corrected chi connectivity index (χ0v) is 18.0. The second-order valence-electron chi connectivity index (χ2n) is 7.22. The molecule has 152 valence electrons. The molecule has 3 aromatic rings. The molecule has 4 nitrogen and oxygen atoms in total. The van der Waals surface area contributed by atoms with Gasteiger partial charge in [0.1, 0.15) is 6.17 Å². The topological polar surface area (TPSA) is 35.9 Å². The molecule has 3 aromatic carbocycles. The molecule has 0 saturated carbocycles. The quantitative estimate of drug-likeness (QED) is 0.475. The van der Waals surface area contributed by atoms with Crippen LogP contribution in [0.2, 0.25) is 10.0 Å². The van der Waals surface area contributed by atoms with Crippen molar-refractivity contribution in [3.05, 3.63) is 106 Å². The average Bonchev–Trinajstić information content (AvgIpc) is 3.04. The number of halogens is 2. The van der Waals surface area contributed by atoms with Gasteiger partial charge in [0.2, 0.25) is 0 Å². The largest absolute Gasteiger partial charge is 0.271 e. The van der Waals surface area contributed by atoms with E-state index in [-0.39, 0.29) is 18.6 Å². The zero-order valence-electron chi connectivity index (χ0n) is 16.5. The maximum atomic E-state index is 13.0. The van der Waals surface area contributed by atoms with Crippen LogP contribution >= 0.6 is 23.2 Å². The summed E-state index contributed by atoms with van der Waals surface area (Å²) in [4.78, 5) is 15.1. The SMILES string of the molecule is C/C(=N/N1C(=O)CN(Cc2ccccc2)[C@H]1c1ccccc1Cl)c1ccc(Cl)cc1. The van der Waals surface area contributed by atoms with Gasteiger partial charge in [0.05, 0.1) is 12.3 Å². The van der Waals surface area contributed by atoms with Gasteiger partial charge in [0.15, 0.2) is 0 Å². The fraction of sp³-hybridized carbons (Fsp3) is 0.167. The highest BCUT2D eigenvalue weighted by atomic mass is 35.5. The molecule has 1 saturated heterocycles. The Morgan fingerprint density at radius 1 is 0.967 bits per heavy atom. The van der Waals surface area contributed by atoms with Crippen molar-refractivity contribution in [2.24, 2.45) is 5.10 Å². The van der Waals surface area contributed by atoms with Gasteiger partial charge in [0, 0.05) is 22.2 Å². The van der Waals surface area contributed by atoms with Gasteiger partial charge in [-0.25, -0.2) is 5.01 Å². The van der Waals surface area contributed by atoms with Gasteiger partial charge in [-0.15, -0.1) is 0 Å². The second-order valence-corrected chi connectivity index (χ2v) is 8.06. The van der Waals surface area contributed by atoms with Crippen molar-refractivity contribution in [1.29, 1.82) is 0 Å². The Morgan fingerprint density at radius 2 is 1.63 bits per heavy atom. The number of amides is 1. The summed E-state index contributed by atoms with van der Waals surface area (Å²) in [5.41, 5.74) is 3.63. The summed E-state index contributed by atoms with van der Waals surface area (Å²) in [6.07, 6.45) is -0.381. The fourth-order valence-corrected chi connectivity index (χ4v) is 3.98. The minimum Gasteiger partial charge on any atom is -0.271 e. The fourth-order valence-electron chi connectivity index (χ4n) is 3.62. The minimum absolute atomic E-state index is 0.0656. The van der Waals surface area contributed by atoms with Crippen LogP contribution in [-0.2, 0) is 11.3 Å². The molecule has 0 unspecified atom stereocenters. The van der Waals surface area contributed by atoms with Gasteiger partial charge in [-0.2, -0.15) is 5.10 Å². The maximum Gasteiger partial charge on any atom is 0.258 e. The predicted molar refractivity (Wildman–Crippen MR) is 122 cm³/mol. The molecule has 1 atom stereocenters. The molecule has 0 N–H and O–H groups in total. The number of hydrogen-bond acceptors (Lipinski definition) is 3. The first-order valence-corrected chi connectivity index (χ1v) is 10.4. The lowest BCUT2D eigenvalue weighted by molar-refractivity contribution is -0.128. The van der Waals surface area contributed by atoms with E-state index in [1.54, 1.807) is 5.01 Å². The van der Waals surface area contributed by atoms with Crippen LogP contribution in [0.1, 0.15) is 29.8 Å². The lowest BCUT2D eigenvalue weighted by Gasteiger charge is -2.28. The number of rotatable bonds is 5. The van der Waals surface area contributed by atoms with E-state index >= 15 is 0 Å². The second kappa shape index (κ2) is 9.00. The van der Waals surface area contributed by atoms with Crippen molar-refractivity contribution in [2.75, 3.05) is 6.54 Å². The van der Waals surface area contributed by atoms with E-state index in [9.17, 15) is 4.79 Å². The average molecular weight is 438 g/mol. The van der Waals surface area contributed by atoms with Crippen molar-refractivity contribution < 1.29 is 4.79 Å². The van der Waals surface area contributed by atoms with E-state index in [0.717, 1.165) is 22.4 Å². The lowest BCUT2D eigenvalue weighted by atomic mass is 10.1. The molecule has 0 radical (unpaired) electrons. The van der Waals surface area contributed by atoms with Gasteiger partial charge < -0.3 is 0 Å². The van der Waals surface area contributed by atoms with E-state index < -0.39 is 0 Å². The molecule has 1 heterocycles. The third-order valence-corrected chi connectivity index (χ3v) is 5.70. The van der Waals surface area contributed by atoms with E-state index in [0.29, 0.717) is 16.6 Å². The number of carbonyl (C=O) groups is 1. The van der Waals surface area contributed by atoms with Gasteiger partial charge in [0.25, 0.3) is 5.91 Å². The minimum atomic E-state index is -0.381. The molecule has 1 amide bonds. The summed E-state index contributed by atoms with van der Waals surface area (Å²) in [7, 11) is 0. The van der Waals surface area contributed by atoms with Crippen LogP contribution in [0.3, 0.4) is 0 Å². The van der Waals surface area contributed by atoms with Crippen LogP contribution in [-0.4, -0.2) is 28.1 Å². The summed E-state index contributed by atoms with van der Waals surface area (Å²) < 4.78 is 0. The Morgan fingerprint density at radius 3 is 2.33 bits per heavy atom. The third-order valence-electron chi connectivity index (χ3n) is 5.10. The van der Waals surface area contributed by atoms with E-state index in [1.165, 1.54) is 0 Å². The monoisotopic (exact) mass is 437 g/mol. The molecule has 30 heavy (non-hydrogen) atoms. The molecular formula is C24H21Cl2N3O. The first-order valence-electron chi connectivity index (χ1n) is 9.68. The highest BCUT2D eigenvalue weighted by molar-refractivity contribution is 6.31. The number of nitrogens with zero attached hydrogens (tertiary/aromatic N) is 3. The van der Waals surface area contributed by atoms with Gasteiger partial charge in [-0.3, -0.25) is 9.69 Å². The molecule has 6 heteroatoms. The summed E-state index contributed by atoms with van der Waals surface area (Å²) in [5.74, 6) is -0.0656. The van der Waals surface area contributed by atoms with Crippen LogP contribution in [0.25, 0.3) is 0 Å². The molecule has 4 rings (SSSR count). The number of hydrogen-bond donors (Lipinski definition) is 0. The molecular weight excluding hydrogens is 417 g/mol.